The average molecular weight is 695 g/mol. The molecule has 0 radical (unpaired) electrons. The molecule has 3 heterocycles. The van der Waals surface area contributed by atoms with E-state index in [1.165, 1.54) is 16.5 Å². The maximum absolute atomic E-state index is 6.68. The zero-order valence-electron chi connectivity index (χ0n) is 29.4. The average Bonchev–Trinajstić information content (AvgIpc) is 3.91. The van der Waals surface area contributed by atoms with Crippen molar-refractivity contribution in [3.05, 3.63) is 187 Å². The number of aromatic nitrogens is 1. The van der Waals surface area contributed by atoms with Crippen molar-refractivity contribution in [3.63, 3.8) is 0 Å². The SMILES string of the molecule is C1=Cc2c(oc3c(N(c4ccc(-c5ccc6oc7c(c6c5)c5ccccc5n7-c5ccccc5)cc4)c4cccc(-c5ccccc5)c4)cccc23)CC1. The Morgan fingerprint density at radius 1 is 0.519 bits per heavy atom. The van der Waals surface area contributed by atoms with Crippen molar-refractivity contribution >= 4 is 67.1 Å². The van der Waals surface area contributed by atoms with Crippen LogP contribution in [0, 0.1) is 0 Å². The molecule has 4 heteroatoms. The van der Waals surface area contributed by atoms with E-state index in [0.717, 1.165) is 96.6 Å². The first kappa shape index (κ1) is 30.6. The summed E-state index contributed by atoms with van der Waals surface area (Å²) < 4.78 is 15.5. The zero-order valence-corrected chi connectivity index (χ0v) is 29.4. The first-order valence-electron chi connectivity index (χ1n) is 18.6. The van der Waals surface area contributed by atoms with Crippen molar-refractivity contribution in [3.8, 4) is 27.9 Å². The van der Waals surface area contributed by atoms with Crippen LogP contribution in [0.25, 0.3) is 78.0 Å². The van der Waals surface area contributed by atoms with E-state index in [0.29, 0.717) is 0 Å². The number of benzene rings is 7. The Kier molecular flexibility index (Phi) is 6.96. The maximum Gasteiger partial charge on any atom is 0.213 e. The fraction of sp³-hybridized carbons (Fsp3) is 0.0400. The molecule has 1 aliphatic rings. The molecule has 0 bridgehead atoms. The third-order valence-corrected chi connectivity index (χ3v) is 10.8. The second-order valence-electron chi connectivity index (χ2n) is 14.0. The van der Waals surface area contributed by atoms with Gasteiger partial charge >= 0.3 is 0 Å². The van der Waals surface area contributed by atoms with Crippen LogP contribution in [0.15, 0.2) is 185 Å². The van der Waals surface area contributed by atoms with Crippen LogP contribution in [0.4, 0.5) is 17.1 Å². The largest absolute Gasteiger partial charge is 0.458 e. The number of aryl methyl sites for hydroxylation is 1. The quantitative estimate of drug-likeness (QED) is 0.174. The number of nitrogens with zero attached hydrogens (tertiary/aromatic N) is 2. The molecule has 0 N–H and O–H groups in total. The topological polar surface area (TPSA) is 34.5 Å². The van der Waals surface area contributed by atoms with Crippen LogP contribution in [0.2, 0.25) is 0 Å². The molecule has 7 aromatic carbocycles. The van der Waals surface area contributed by atoms with E-state index in [4.69, 9.17) is 8.83 Å². The van der Waals surface area contributed by atoms with Crippen molar-refractivity contribution in [1.82, 2.24) is 4.57 Å². The Morgan fingerprint density at radius 2 is 1.22 bits per heavy atom. The van der Waals surface area contributed by atoms with Gasteiger partial charge in [0.25, 0.3) is 0 Å². The number of fused-ring (bicyclic) bond motifs is 8. The van der Waals surface area contributed by atoms with E-state index in [2.05, 4.69) is 185 Å². The normalized spacial score (nSPS) is 12.6. The lowest BCUT2D eigenvalue weighted by molar-refractivity contribution is 0.546. The molecule has 10 aromatic rings. The zero-order chi connectivity index (χ0) is 35.6. The molecular weight excluding hydrogens is 661 g/mol. The minimum absolute atomic E-state index is 0.863. The highest BCUT2D eigenvalue weighted by Gasteiger charge is 2.23. The fourth-order valence-electron chi connectivity index (χ4n) is 8.32. The number of anilines is 3. The monoisotopic (exact) mass is 694 g/mol. The van der Waals surface area contributed by atoms with Crippen LogP contribution in [-0.4, -0.2) is 4.57 Å². The summed E-state index contributed by atoms with van der Waals surface area (Å²) in [7, 11) is 0. The molecule has 0 atom stereocenters. The van der Waals surface area contributed by atoms with E-state index in [1.54, 1.807) is 0 Å². The van der Waals surface area contributed by atoms with Gasteiger partial charge in [-0.05, 0) is 89.3 Å². The smallest absolute Gasteiger partial charge is 0.213 e. The van der Waals surface area contributed by atoms with Gasteiger partial charge in [0.15, 0.2) is 5.58 Å². The molecule has 0 fully saturated rings. The molecule has 4 nitrogen and oxygen atoms in total. The van der Waals surface area contributed by atoms with E-state index in [-0.39, 0.29) is 0 Å². The lowest BCUT2D eigenvalue weighted by atomic mass is 10.0. The van der Waals surface area contributed by atoms with Crippen molar-refractivity contribution in [2.45, 2.75) is 12.8 Å². The molecule has 3 aromatic heterocycles. The minimum Gasteiger partial charge on any atom is -0.458 e. The Labute approximate surface area is 312 Å². The van der Waals surface area contributed by atoms with Gasteiger partial charge in [-0.25, -0.2) is 0 Å². The Balaban J connectivity index is 1.05. The van der Waals surface area contributed by atoms with Gasteiger partial charge in [-0.2, -0.15) is 0 Å². The summed E-state index contributed by atoms with van der Waals surface area (Å²) in [5, 5.41) is 4.57. The van der Waals surface area contributed by atoms with E-state index >= 15 is 0 Å². The molecule has 0 unspecified atom stereocenters. The van der Waals surface area contributed by atoms with Crippen molar-refractivity contribution in [2.24, 2.45) is 0 Å². The van der Waals surface area contributed by atoms with E-state index in [9.17, 15) is 0 Å². The standard InChI is InChI=1S/C50H34N2O2/c1-3-13-33(14-4-1)35-15-11-18-39(31-35)51(45-23-12-21-41-40-19-8-10-24-46(40)53-49(41)45)38-28-25-34(26-29-38)36-27-30-47-43(32-36)48-42-20-7-9-22-44(42)52(50(48)54-47)37-16-5-2-6-17-37/h1-9,11-23,25-32H,10,24H2. The Morgan fingerprint density at radius 3 is 2.09 bits per heavy atom. The summed E-state index contributed by atoms with van der Waals surface area (Å²) in [5.41, 5.74) is 13.8. The first-order chi connectivity index (χ1) is 26.8. The third-order valence-electron chi connectivity index (χ3n) is 10.8. The summed E-state index contributed by atoms with van der Waals surface area (Å²) >= 11 is 0. The fourth-order valence-corrected chi connectivity index (χ4v) is 8.32. The first-order valence-corrected chi connectivity index (χ1v) is 18.6. The van der Waals surface area contributed by atoms with Crippen LogP contribution >= 0.6 is 0 Å². The molecule has 0 spiro atoms. The lowest BCUT2D eigenvalue weighted by Gasteiger charge is -2.26. The lowest BCUT2D eigenvalue weighted by Crippen LogP contribution is -2.10. The van der Waals surface area contributed by atoms with Gasteiger partial charge in [0.05, 0.1) is 16.6 Å². The van der Waals surface area contributed by atoms with Gasteiger partial charge in [0, 0.05) is 45.2 Å². The molecule has 0 amide bonds. The number of hydrogen-bond acceptors (Lipinski definition) is 3. The molecule has 0 saturated carbocycles. The number of allylic oxidation sites excluding steroid dienone is 1. The molecule has 54 heavy (non-hydrogen) atoms. The molecule has 0 aliphatic heterocycles. The second-order valence-corrected chi connectivity index (χ2v) is 14.0. The number of hydrogen-bond donors (Lipinski definition) is 0. The van der Waals surface area contributed by atoms with E-state index in [1.807, 2.05) is 6.07 Å². The van der Waals surface area contributed by atoms with Crippen LogP contribution in [0.3, 0.4) is 0 Å². The highest BCUT2D eigenvalue weighted by molar-refractivity contribution is 6.20. The Bertz CT molecular complexity index is 3040. The van der Waals surface area contributed by atoms with Crippen molar-refractivity contribution < 1.29 is 8.83 Å². The summed E-state index contributed by atoms with van der Waals surface area (Å²) in [6.45, 7) is 0. The highest BCUT2D eigenvalue weighted by Crippen LogP contribution is 2.45. The highest BCUT2D eigenvalue weighted by atomic mass is 16.3. The molecule has 1 aliphatic carbocycles. The number of furan rings is 2. The van der Waals surface area contributed by atoms with Gasteiger partial charge < -0.3 is 13.7 Å². The van der Waals surface area contributed by atoms with E-state index < -0.39 is 0 Å². The van der Waals surface area contributed by atoms with Gasteiger partial charge in [-0.15, -0.1) is 0 Å². The van der Waals surface area contributed by atoms with Crippen molar-refractivity contribution in [1.29, 1.82) is 0 Å². The van der Waals surface area contributed by atoms with Gasteiger partial charge in [0.2, 0.25) is 5.71 Å². The molecule has 256 valence electrons. The number of rotatable bonds is 6. The third kappa shape index (κ3) is 4.84. The van der Waals surface area contributed by atoms with Gasteiger partial charge in [-0.3, -0.25) is 4.57 Å². The van der Waals surface area contributed by atoms with Gasteiger partial charge in [-0.1, -0.05) is 121 Å². The summed E-state index contributed by atoms with van der Waals surface area (Å²) in [6, 6.07) is 60.3. The van der Waals surface area contributed by atoms with Crippen LogP contribution < -0.4 is 4.90 Å². The summed E-state index contributed by atoms with van der Waals surface area (Å²) in [4.78, 5) is 2.33. The van der Waals surface area contributed by atoms with Crippen molar-refractivity contribution in [2.75, 3.05) is 4.90 Å². The predicted octanol–water partition coefficient (Wildman–Crippen LogP) is 14.0. The molecular formula is C50H34N2O2. The Hall–Kier alpha value is -7.04. The summed E-state index contributed by atoms with van der Waals surface area (Å²) in [5.74, 6) is 1.06. The van der Waals surface area contributed by atoms with Crippen LogP contribution in [0.5, 0.6) is 0 Å². The summed E-state index contributed by atoms with van der Waals surface area (Å²) in [6.07, 6.45) is 6.38. The number of para-hydroxylation sites is 3. The second kappa shape index (κ2) is 12.3. The minimum atomic E-state index is 0.863. The van der Waals surface area contributed by atoms with Crippen LogP contribution in [0.1, 0.15) is 17.7 Å². The van der Waals surface area contributed by atoms with Gasteiger partial charge in [0.1, 0.15) is 11.3 Å². The van der Waals surface area contributed by atoms with Crippen LogP contribution in [-0.2, 0) is 6.42 Å². The molecule has 0 saturated heterocycles. The predicted molar refractivity (Wildman–Crippen MR) is 223 cm³/mol. The maximum atomic E-state index is 6.68. The molecule has 11 rings (SSSR count).